The molecule has 3 nitrogen and oxygen atoms in total. The van der Waals surface area contributed by atoms with Gasteiger partial charge in [0, 0.05) is 12.6 Å². The lowest BCUT2D eigenvalue weighted by Gasteiger charge is -1.95. The number of carbonyl (C=O) groups is 1. The van der Waals surface area contributed by atoms with E-state index in [1.165, 1.54) is 7.11 Å². The quantitative estimate of drug-likeness (QED) is 0.421. The van der Waals surface area contributed by atoms with Crippen molar-refractivity contribution < 1.29 is 9.53 Å². The van der Waals surface area contributed by atoms with Crippen LogP contribution in [0.4, 0.5) is 5.69 Å². The molecular weight excluding hydrogens is 190 g/mol. The minimum Gasteiger partial charge on any atom is -0.469 e. The van der Waals surface area contributed by atoms with Crippen LogP contribution in [0.5, 0.6) is 0 Å². The molecule has 0 bridgehead atoms. The Kier molecular flexibility index (Phi) is 5.15. The third kappa shape index (κ3) is 4.96. The van der Waals surface area contributed by atoms with Crippen LogP contribution < -0.4 is 0 Å². The Morgan fingerprint density at radius 3 is 2.80 bits per heavy atom. The maximum atomic E-state index is 10.8. The van der Waals surface area contributed by atoms with E-state index in [2.05, 4.69) is 9.73 Å². The number of hydrogen-bond acceptors (Lipinski definition) is 3. The molecule has 0 aliphatic heterocycles. The lowest BCUT2D eigenvalue weighted by molar-refractivity contribution is -0.140. The average molecular weight is 205 g/mol. The first-order valence-electron chi connectivity index (χ1n) is 4.97. The number of aliphatic imine (C=N–C) groups is 1. The van der Waals surface area contributed by atoms with E-state index in [0.29, 0.717) is 6.42 Å². The van der Waals surface area contributed by atoms with Gasteiger partial charge in [-0.05, 0) is 25.0 Å². The fourth-order valence-electron chi connectivity index (χ4n) is 1.12. The van der Waals surface area contributed by atoms with E-state index < -0.39 is 0 Å². The molecule has 0 unspecified atom stereocenters. The molecule has 1 aromatic rings. The molecule has 15 heavy (non-hydrogen) atoms. The molecule has 0 aliphatic rings. The van der Waals surface area contributed by atoms with E-state index >= 15 is 0 Å². The molecule has 0 heterocycles. The standard InChI is InChI=1S/C12H15NO2/c1-15-12(14)9-5-6-10-13-11-7-3-2-4-8-11/h2-4,7-8,10H,5-6,9H2,1H3. The van der Waals surface area contributed by atoms with Crippen LogP contribution in [-0.4, -0.2) is 19.3 Å². The van der Waals surface area contributed by atoms with Gasteiger partial charge < -0.3 is 4.74 Å². The molecule has 0 N–H and O–H groups in total. The van der Waals surface area contributed by atoms with Crippen molar-refractivity contribution in [2.45, 2.75) is 19.3 Å². The number of hydrogen-bond donors (Lipinski definition) is 0. The fraction of sp³-hybridized carbons (Fsp3) is 0.333. The Labute approximate surface area is 89.8 Å². The molecule has 0 fully saturated rings. The second kappa shape index (κ2) is 6.76. The predicted octanol–water partition coefficient (Wildman–Crippen LogP) is 2.73. The second-order valence-corrected chi connectivity index (χ2v) is 3.12. The molecule has 0 aliphatic carbocycles. The molecule has 0 radical (unpaired) electrons. The van der Waals surface area contributed by atoms with Crippen molar-refractivity contribution in [2.24, 2.45) is 4.99 Å². The predicted molar refractivity (Wildman–Crippen MR) is 60.5 cm³/mol. The fourth-order valence-corrected chi connectivity index (χ4v) is 1.12. The molecule has 0 aromatic heterocycles. The van der Waals surface area contributed by atoms with E-state index in [9.17, 15) is 4.79 Å². The van der Waals surface area contributed by atoms with E-state index in [1.807, 2.05) is 36.5 Å². The van der Waals surface area contributed by atoms with Gasteiger partial charge in [-0.2, -0.15) is 0 Å². The van der Waals surface area contributed by atoms with Crippen molar-refractivity contribution in [3.8, 4) is 0 Å². The largest absolute Gasteiger partial charge is 0.469 e. The van der Waals surface area contributed by atoms with Crippen LogP contribution in [0.25, 0.3) is 0 Å². The molecule has 0 spiro atoms. The minimum absolute atomic E-state index is 0.164. The number of ether oxygens (including phenoxy) is 1. The Hall–Kier alpha value is -1.64. The average Bonchev–Trinajstić information content (AvgIpc) is 2.29. The van der Waals surface area contributed by atoms with Crippen molar-refractivity contribution >= 4 is 17.9 Å². The van der Waals surface area contributed by atoms with E-state index in [0.717, 1.165) is 18.5 Å². The van der Waals surface area contributed by atoms with Crippen LogP contribution in [-0.2, 0) is 9.53 Å². The van der Waals surface area contributed by atoms with Crippen molar-refractivity contribution in [3.63, 3.8) is 0 Å². The Bertz CT molecular complexity index is 320. The van der Waals surface area contributed by atoms with Gasteiger partial charge in [-0.15, -0.1) is 0 Å². The summed E-state index contributed by atoms with van der Waals surface area (Å²) >= 11 is 0. The highest BCUT2D eigenvalue weighted by Gasteiger charge is 1.97. The summed E-state index contributed by atoms with van der Waals surface area (Å²) in [6.07, 6.45) is 3.86. The van der Waals surface area contributed by atoms with Crippen LogP contribution in [0.15, 0.2) is 35.3 Å². The summed E-state index contributed by atoms with van der Waals surface area (Å²) in [4.78, 5) is 15.0. The van der Waals surface area contributed by atoms with Crippen LogP contribution in [0.1, 0.15) is 19.3 Å². The van der Waals surface area contributed by atoms with Crippen LogP contribution >= 0.6 is 0 Å². The van der Waals surface area contributed by atoms with Crippen LogP contribution in [0.3, 0.4) is 0 Å². The van der Waals surface area contributed by atoms with Gasteiger partial charge in [-0.3, -0.25) is 9.79 Å². The molecular formula is C12H15NO2. The lowest BCUT2D eigenvalue weighted by Crippen LogP contribution is -1.99. The van der Waals surface area contributed by atoms with Crippen molar-refractivity contribution in [1.82, 2.24) is 0 Å². The first-order chi connectivity index (χ1) is 7.33. The SMILES string of the molecule is COC(=O)CCCC=Nc1ccccc1. The number of carbonyl (C=O) groups excluding carboxylic acids is 1. The summed E-state index contributed by atoms with van der Waals surface area (Å²) in [7, 11) is 1.40. The van der Waals surface area contributed by atoms with Gasteiger partial charge in [0.15, 0.2) is 0 Å². The lowest BCUT2D eigenvalue weighted by atomic mass is 10.2. The zero-order valence-corrected chi connectivity index (χ0v) is 8.85. The molecule has 0 saturated heterocycles. The molecule has 80 valence electrons. The van der Waals surface area contributed by atoms with Crippen molar-refractivity contribution in [1.29, 1.82) is 0 Å². The zero-order chi connectivity index (χ0) is 10.9. The number of nitrogens with zero attached hydrogens (tertiary/aromatic N) is 1. The Morgan fingerprint density at radius 2 is 2.13 bits per heavy atom. The first kappa shape index (κ1) is 11.4. The van der Waals surface area contributed by atoms with Gasteiger partial charge in [-0.1, -0.05) is 18.2 Å². The number of esters is 1. The summed E-state index contributed by atoms with van der Waals surface area (Å²) in [5.41, 5.74) is 0.940. The molecule has 3 heteroatoms. The Morgan fingerprint density at radius 1 is 1.40 bits per heavy atom. The normalized spacial score (nSPS) is 10.5. The molecule has 0 saturated carbocycles. The highest BCUT2D eigenvalue weighted by molar-refractivity contribution is 5.70. The molecule has 0 amide bonds. The third-order valence-electron chi connectivity index (χ3n) is 1.94. The first-order valence-corrected chi connectivity index (χ1v) is 4.97. The monoisotopic (exact) mass is 205 g/mol. The zero-order valence-electron chi connectivity index (χ0n) is 8.85. The number of unbranched alkanes of at least 4 members (excludes halogenated alkanes) is 1. The highest BCUT2D eigenvalue weighted by Crippen LogP contribution is 2.09. The highest BCUT2D eigenvalue weighted by atomic mass is 16.5. The summed E-state index contributed by atoms with van der Waals surface area (Å²) < 4.78 is 4.53. The molecule has 1 aromatic carbocycles. The van der Waals surface area contributed by atoms with Crippen LogP contribution in [0.2, 0.25) is 0 Å². The summed E-state index contributed by atoms with van der Waals surface area (Å²) in [6.45, 7) is 0. The van der Waals surface area contributed by atoms with E-state index in [1.54, 1.807) is 0 Å². The smallest absolute Gasteiger partial charge is 0.305 e. The number of para-hydroxylation sites is 1. The number of methoxy groups -OCH3 is 1. The maximum Gasteiger partial charge on any atom is 0.305 e. The van der Waals surface area contributed by atoms with E-state index in [4.69, 9.17) is 0 Å². The van der Waals surface area contributed by atoms with Crippen molar-refractivity contribution in [2.75, 3.05) is 7.11 Å². The van der Waals surface area contributed by atoms with Gasteiger partial charge in [0.05, 0.1) is 12.8 Å². The van der Waals surface area contributed by atoms with Gasteiger partial charge in [0.1, 0.15) is 0 Å². The summed E-state index contributed by atoms with van der Waals surface area (Å²) in [5.74, 6) is -0.164. The summed E-state index contributed by atoms with van der Waals surface area (Å²) in [5, 5.41) is 0. The van der Waals surface area contributed by atoms with Gasteiger partial charge >= 0.3 is 5.97 Å². The number of rotatable bonds is 5. The molecule has 1 rings (SSSR count). The summed E-state index contributed by atoms with van der Waals surface area (Å²) in [6, 6.07) is 9.73. The topological polar surface area (TPSA) is 38.7 Å². The Balaban J connectivity index is 2.20. The van der Waals surface area contributed by atoms with Gasteiger partial charge in [0.2, 0.25) is 0 Å². The second-order valence-electron chi connectivity index (χ2n) is 3.12. The van der Waals surface area contributed by atoms with Gasteiger partial charge in [-0.25, -0.2) is 0 Å². The minimum atomic E-state index is -0.164. The molecule has 0 atom stereocenters. The maximum absolute atomic E-state index is 10.8. The van der Waals surface area contributed by atoms with Gasteiger partial charge in [0.25, 0.3) is 0 Å². The third-order valence-corrected chi connectivity index (χ3v) is 1.94. The number of benzene rings is 1. The van der Waals surface area contributed by atoms with Crippen LogP contribution in [0, 0.1) is 0 Å². The van der Waals surface area contributed by atoms with Crippen molar-refractivity contribution in [3.05, 3.63) is 30.3 Å². The van der Waals surface area contributed by atoms with E-state index in [-0.39, 0.29) is 5.97 Å².